The van der Waals surface area contributed by atoms with E-state index in [1.807, 2.05) is 32.0 Å². The van der Waals surface area contributed by atoms with Gasteiger partial charge in [0.1, 0.15) is 5.75 Å². The van der Waals surface area contributed by atoms with Crippen LogP contribution >= 0.6 is 0 Å². The normalized spacial score (nSPS) is 13.4. The minimum Gasteiger partial charge on any atom is -0.481 e. The standard InChI is InChI=1S/C27H37F3N2O6S/c1-26(2,14-8-12-20-9-5-4-6-10-20)31-18-22(33)19-32(3)39(36,37)24-16-21(11-7-13-25(34)35)15-23(17-24)38-27(28,29)30/h4-6,9-10,15-17,22,31,33H,7-8,11-14,18-19H2,1-3H3,(H,34,35)/t22-/m1/s1. The van der Waals surface area contributed by atoms with E-state index in [4.69, 9.17) is 5.11 Å². The molecule has 39 heavy (non-hydrogen) atoms. The quantitative estimate of drug-likeness (QED) is 0.273. The zero-order valence-electron chi connectivity index (χ0n) is 22.4. The van der Waals surface area contributed by atoms with Gasteiger partial charge in [-0.15, -0.1) is 13.2 Å². The predicted octanol–water partition coefficient (Wildman–Crippen LogP) is 4.37. The number of hydrogen-bond acceptors (Lipinski definition) is 6. The molecule has 0 spiro atoms. The van der Waals surface area contributed by atoms with Crippen LogP contribution in [0, 0.1) is 0 Å². The first-order valence-corrected chi connectivity index (χ1v) is 14.1. The lowest BCUT2D eigenvalue weighted by molar-refractivity contribution is -0.274. The van der Waals surface area contributed by atoms with Crippen molar-refractivity contribution in [1.29, 1.82) is 0 Å². The van der Waals surface area contributed by atoms with Crippen LogP contribution in [0.4, 0.5) is 13.2 Å². The molecule has 0 radical (unpaired) electrons. The van der Waals surface area contributed by atoms with Gasteiger partial charge in [-0.05, 0) is 69.2 Å². The Morgan fingerprint density at radius 2 is 1.69 bits per heavy atom. The maximum Gasteiger partial charge on any atom is 0.573 e. The molecule has 0 amide bonds. The number of carboxylic acid groups (broad SMARTS) is 1. The summed E-state index contributed by atoms with van der Waals surface area (Å²) in [6.07, 6.45) is -3.56. The number of likely N-dealkylation sites (N-methyl/N-ethyl adjacent to an activating group) is 1. The lowest BCUT2D eigenvalue weighted by Crippen LogP contribution is -2.46. The van der Waals surface area contributed by atoms with Crippen molar-refractivity contribution in [2.75, 3.05) is 20.1 Å². The topological polar surface area (TPSA) is 116 Å². The lowest BCUT2D eigenvalue weighted by Gasteiger charge is -2.29. The van der Waals surface area contributed by atoms with Gasteiger partial charge in [-0.2, -0.15) is 4.31 Å². The molecule has 3 N–H and O–H groups in total. The number of β-amino-alcohol motifs (C(OH)–C–C–N with tert-alkyl or cyclic N) is 1. The molecule has 218 valence electrons. The summed E-state index contributed by atoms with van der Waals surface area (Å²) in [5.41, 5.74) is 1.10. The molecular weight excluding hydrogens is 537 g/mol. The van der Waals surface area contributed by atoms with Crippen LogP contribution in [0.5, 0.6) is 5.75 Å². The summed E-state index contributed by atoms with van der Waals surface area (Å²) in [6, 6.07) is 13.0. The molecule has 0 aliphatic carbocycles. The SMILES string of the molecule is CN(C[C@H](O)CNC(C)(C)CCCc1ccccc1)S(=O)(=O)c1cc(CCCC(=O)O)cc(OC(F)(F)F)c1. The van der Waals surface area contributed by atoms with Gasteiger partial charge in [-0.25, -0.2) is 8.42 Å². The third-order valence-corrected chi connectivity index (χ3v) is 7.93. The number of alkyl halides is 3. The Bertz CT molecular complexity index is 1170. The number of nitrogens with zero attached hydrogens (tertiary/aromatic N) is 1. The molecule has 2 aromatic rings. The highest BCUT2D eigenvalue weighted by Crippen LogP contribution is 2.29. The molecule has 2 aromatic carbocycles. The Balaban J connectivity index is 2.02. The minimum atomic E-state index is -5.04. The number of carboxylic acids is 1. The van der Waals surface area contributed by atoms with E-state index in [0.717, 1.165) is 35.7 Å². The van der Waals surface area contributed by atoms with Crippen LogP contribution in [0.3, 0.4) is 0 Å². The number of hydrogen-bond donors (Lipinski definition) is 3. The average Bonchev–Trinajstić information content (AvgIpc) is 2.82. The number of aryl methyl sites for hydroxylation is 2. The Morgan fingerprint density at radius 1 is 1.05 bits per heavy atom. The van der Waals surface area contributed by atoms with E-state index in [9.17, 15) is 31.5 Å². The molecule has 2 rings (SSSR count). The molecular formula is C27H37F3N2O6S. The fourth-order valence-corrected chi connectivity index (χ4v) is 5.35. The van der Waals surface area contributed by atoms with Crippen LogP contribution in [-0.2, 0) is 27.7 Å². The largest absolute Gasteiger partial charge is 0.573 e. The van der Waals surface area contributed by atoms with Crippen LogP contribution in [0.25, 0.3) is 0 Å². The van der Waals surface area contributed by atoms with Gasteiger partial charge in [0, 0.05) is 38.2 Å². The number of aliphatic hydroxyl groups excluding tert-OH is 1. The molecule has 0 aliphatic rings. The van der Waals surface area contributed by atoms with Crippen molar-refractivity contribution in [2.45, 2.75) is 75.3 Å². The number of carbonyl (C=O) groups is 1. The molecule has 8 nitrogen and oxygen atoms in total. The monoisotopic (exact) mass is 574 g/mol. The molecule has 0 fully saturated rings. The smallest absolute Gasteiger partial charge is 0.481 e. The van der Waals surface area contributed by atoms with Crippen molar-refractivity contribution >= 4 is 16.0 Å². The minimum absolute atomic E-state index is 0.0412. The van der Waals surface area contributed by atoms with E-state index in [2.05, 4.69) is 22.2 Å². The second-order valence-corrected chi connectivity index (χ2v) is 12.2. The maximum absolute atomic E-state index is 13.2. The van der Waals surface area contributed by atoms with E-state index in [1.165, 1.54) is 18.7 Å². The second-order valence-electron chi connectivity index (χ2n) is 10.2. The molecule has 0 aromatic heterocycles. The molecule has 0 bridgehead atoms. The first-order chi connectivity index (χ1) is 18.1. The highest BCUT2D eigenvalue weighted by Gasteiger charge is 2.32. The van der Waals surface area contributed by atoms with Gasteiger partial charge in [0.15, 0.2) is 0 Å². The average molecular weight is 575 g/mol. The summed E-state index contributed by atoms with van der Waals surface area (Å²) in [4.78, 5) is 10.3. The van der Waals surface area contributed by atoms with Crippen LogP contribution in [0.1, 0.15) is 50.7 Å². The van der Waals surface area contributed by atoms with Gasteiger partial charge < -0.3 is 20.3 Å². The van der Waals surface area contributed by atoms with Crippen molar-refractivity contribution in [3.05, 3.63) is 59.7 Å². The fourth-order valence-electron chi connectivity index (χ4n) is 4.06. The first kappa shape index (κ1) is 32.5. The molecule has 0 saturated carbocycles. The molecule has 0 heterocycles. The summed E-state index contributed by atoms with van der Waals surface area (Å²) < 4.78 is 69.6. The first-order valence-electron chi connectivity index (χ1n) is 12.6. The summed E-state index contributed by atoms with van der Waals surface area (Å²) in [7, 11) is -3.07. The number of ether oxygens (including phenoxy) is 1. The van der Waals surface area contributed by atoms with Gasteiger partial charge >= 0.3 is 12.3 Å². The van der Waals surface area contributed by atoms with E-state index in [1.54, 1.807) is 0 Å². The van der Waals surface area contributed by atoms with E-state index < -0.39 is 39.1 Å². The summed E-state index contributed by atoms with van der Waals surface area (Å²) >= 11 is 0. The number of aliphatic carboxylic acids is 1. The van der Waals surface area contributed by atoms with Crippen LogP contribution in [0.2, 0.25) is 0 Å². The van der Waals surface area contributed by atoms with Gasteiger partial charge in [0.2, 0.25) is 10.0 Å². The summed E-state index contributed by atoms with van der Waals surface area (Å²) in [5, 5.41) is 22.6. The number of benzene rings is 2. The van der Waals surface area contributed by atoms with Crippen LogP contribution in [-0.4, -0.2) is 67.0 Å². The van der Waals surface area contributed by atoms with Gasteiger partial charge in [0.25, 0.3) is 0 Å². The number of aliphatic hydroxyl groups is 1. The maximum atomic E-state index is 13.2. The number of nitrogens with one attached hydrogen (secondary N) is 1. The Labute approximate surface area is 227 Å². The number of rotatable bonds is 16. The van der Waals surface area contributed by atoms with Crippen molar-refractivity contribution in [3.63, 3.8) is 0 Å². The van der Waals surface area contributed by atoms with E-state index >= 15 is 0 Å². The third kappa shape index (κ3) is 11.9. The van der Waals surface area contributed by atoms with Crippen molar-refractivity contribution < 1.29 is 41.3 Å². The van der Waals surface area contributed by atoms with Gasteiger partial charge in [0.05, 0.1) is 11.0 Å². The molecule has 0 saturated heterocycles. The molecule has 12 heteroatoms. The Morgan fingerprint density at radius 3 is 2.31 bits per heavy atom. The van der Waals surface area contributed by atoms with Crippen LogP contribution < -0.4 is 10.1 Å². The molecule has 1 atom stereocenters. The van der Waals surface area contributed by atoms with Crippen LogP contribution in [0.15, 0.2) is 53.4 Å². The fraction of sp³-hybridized carbons (Fsp3) is 0.519. The lowest BCUT2D eigenvalue weighted by atomic mass is 9.95. The zero-order chi connectivity index (χ0) is 29.3. The Hall–Kier alpha value is -2.67. The Kier molecular flexibility index (Phi) is 11.8. The molecule has 0 unspecified atom stereocenters. The highest BCUT2D eigenvalue weighted by atomic mass is 32.2. The number of sulfonamides is 1. The second kappa shape index (κ2) is 14.1. The number of halogens is 3. The van der Waals surface area contributed by atoms with Gasteiger partial charge in [-0.3, -0.25) is 4.79 Å². The predicted molar refractivity (Wildman–Crippen MR) is 141 cm³/mol. The zero-order valence-corrected chi connectivity index (χ0v) is 23.2. The molecule has 0 aliphatic heterocycles. The van der Waals surface area contributed by atoms with Gasteiger partial charge in [-0.1, -0.05) is 30.3 Å². The highest BCUT2D eigenvalue weighted by molar-refractivity contribution is 7.89. The van der Waals surface area contributed by atoms with Crippen molar-refractivity contribution in [3.8, 4) is 5.75 Å². The van der Waals surface area contributed by atoms with Crippen molar-refractivity contribution in [2.24, 2.45) is 0 Å². The third-order valence-electron chi connectivity index (χ3n) is 6.13. The van der Waals surface area contributed by atoms with E-state index in [-0.39, 0.29) is 43.5 Å². The van der Waals surface area contributed by atoms with E-state index in [0.29, 0.717) is 0 Å². The summed E-state index contributed by atoms with van der Waals surface area (Å²) in [5.74, 6) is -1.80. The van der Waals surface area contributed by atoms with Crippen molar-refractivity contribution in [1.82, 2.24) is 9.62 Å². The summed E-state index contributed by atoms with van der Waals surface area (Å²) in [6.45, 7) is 3.79.